The number of hydrogen-bond donors (Lipinski definition) is 1. The van der Waals surface area contributed by atoms with E-state index in [0.29, 0.717) is 0 Å². The molecule has 1 unspecified atom stereocenters. The van der Waals surface area contributed by atoms with Crippen LogP contribution in [0.1, 0.15) is 22.8 Å². The van der Waals surface area contributed by atoms with E-state index in [1.807, 2.05) is 0 Å². The van der Waals surface area contributed by atoms with Crippen molar-refractivity contribution in [2.75, 3.05) is 6.54 Å². The Morgan fingerprint density at radius 1 is 1.56 bits per heavy atom. The third kappa shape index (κ3) is 2.57. The van der Waals surface area contributed by atoms with Crippen molar-refractivity contribution in [3.63, 3.8) is 0 Å². The Balaban J connectivity index is 3.19. The van der Waals surface area contributed by atoms with Gasteiger partial charge >= 0.3 is 6.18 Å². The summed E-state index contributed by atoms with van der Waals surface area (Å²) < 4.78 is 37.7. The van der Waals surface area contributed by atoms with Crippen LogP contribution in [0.5, 0.6) is 0 Å². The summed E-state index contributed by atoms with van der Waals surface area (Å²) in [5, 5.41) is 0. The van der Waals surface area contributed by atoms with E-state index in [2.05, 4.69) is 4.98 Å². The summed E-state index contributed by atoms with van der Waals surface area (Å²) in [6, 6.07) is 0.788. The van der Waals surface area contributed by atoms with Gasteiger partial charge in [-0.05, 0) is 6.07 Å². The molecular formula is C10H11F3N2O. The number of pyridine rings is 1. The van der Waals surface area contributed by atoms with Crippen molar-refractivity contribution in [3.8, 4) is 0 Å². The van der Waals surface area contributed by atoms with Crippen LogP contribution in [0.4, 0.5) is 13.2 Å². The van der Waals surface area contributed by atoms with Gasteiger partial charge in [0.1, 0.15) is 0 Å². The fraction of sp³-hybridized carbons (Fsp3) is 0.400. The lowest BCUT2D eigenvalue weighted by Crippen LogP contribution is -2.23. The van der Waals surface area contributed by atoms with Crippen LogP contribution in [0.2, 0.25) is 0 Å². The van der Waals surface area contributed by atoms with Gasteiger partial charge in [0, 0.05) is 30.4 Å². The average Bonchev–Trinajstić information content (AvgIpc) is 2.26. The number of halogens is 3. The molecule has 1 aromatic rings. The predicted octanol–water partition coefficient (Wildman–Crippen LogP) is 1.88. The fourth-order valence-corrected chi connectivity index (χ4v) is 1.21. The Hall–Kier alpha value is -1.43. The van der Waals surface area contributed by atoms with Crippen molar-refractivity contribution in [1.82, 2.24) is 4.98 Å². The highest BCUT2D eigenvalue weighted by molar-refractivity contribution is 5.99. The zero-order valence-corrected chi connectivity index (χ0v) is 8.58. The zero-order chi connectivity index (χ0) is 12.3. The third-order valence-corrected chi connectivity index (χ3v) is 2.19. The first-order valence-corrected chi connectivity index (χ1v) is 4.63. The Morgan fingerprint density at radius 2 is 2.19 bits per heavy atom. The molecule has 0 saturated carbocycles. The summed E-state index contributed by atoms with van der Waals surface area (Å²) >= 11 is 0. The smallest absolute Gasteiger partial charge is 0.330 e. The minimum atomic E-state index is -4.55. The van der Waals surface area contributed by atoms with Crippen molar-refractivity contribution in [3.05, 3.63) is 29.6 Å². The number of Topliss-reactive ketones (excluding diaryl/α,β-unsaturated/α-hetero) is 1. The number of nitrogens with zero attached hydrogens (tertiary/aromatic N) is 1. The van der Waals surface area contributed by atoms with E-state index in [0.717, 1.165) is 18.5 Å². The number of aromatic nitrogens is 1. The van der Waals surface area contributed by atoms with Gasteiger partial charge in [0.2, 0.25) is 0 Å². The van der Waals surface area contributed by atoms with Gasteiger partial charge in [-0.15, -0.1) is 0 Å². The normalized spacial score (nSPS) is 13.6. The van der Waals surface area contributed by atoms with Gasteiger partial charge in [-0.2, -0.15) is 13.2 Å². The molecule has 1 rings (SSSR count). The molecule has 0 aliphatic carbocycles. The maximum Gasteiger partial charge on any atom is 0.417 e. The molecule has 1 heterocycles. The summed E-state index contributed by atoms with van der Waals surface area (Å²) in [6.07, 6.45) is -2.62. The lowest BCUT2D eigenvalue weighted by Gasteiger charge is -2.13. The van der Waals surface area contributed by atoms with E-state index in [4.69, 9.17) is 5.73 Å². The molecule has 0 fully saturated rings. The number of ketones is 1. The molecule has 3 nitrogen and oxygen atoms in total. The lowest BCUT2D eigenvalue weighted by molar-refractivity contribution is -0.138. The molecule has 1 atom stereocenters. The number of rotatable bonds is 3. The molecule has 0 aromatic carbocycles. The van der Waals surface area contributed by atoms with Gasteiger partial charge in [0.25, 0.3) is 0 Å². The molecular weight excluding hydrogens is 221 g/mol. The van der Waals surface area contributed by atoms with Crippen molar-refractivity contribution in [2.45, 2.75) is 13.1 Å². The molecule has 1 aromatic heterocycles. The number of carbonyl (C=O) groups excluding carboxylic acids is 1. The minimum absolute atomic E-state index is 0.00498. The van der Waals surface area contributed by atoms with E-state index >= 15 is 0 Å². The van der Waals surface area contributed by atoms with Gasteiger partial charge in [0.05, 0.1) is 5.56 Å². The molecule has 0 amide bonds. The highest BCUT2D eigenvalue weighted by Crippen LogP contribution is 2.32. The van der Waals surface area contributed by atoms with Gasteiger partial charge in [-0.1, -0.05) is 6.92 Å². The molecule has 0 saturated heterocycles. The highest BCUT2D eigenvalue weighted by Gasteiger charge is 2.35. The standard InChI is InChI=1S/C10H11F3N2O/c1-6(4-14)9(16)7-5-15-3-2-8(7)10(11,12)13/h2-3,5-6H,4,14H2,1H3. The topological polar surface area (TPSA) is 56.0 Å². The summed E-state index contributed by atoms with van der Waals surface area (Å²) in [5.74, 6) is -1.28. The predicted molar refractivity (Wildman–Crippen MR) is 51.8 cm³/mol. The van der Waals surface area contributed by atoms with Crippen LogP contribution in [0.3, 0.4) is 0 Å². The lowest BCUT2D eigenvalue weighted by atomic mass is 9.97. The largest absolute Gasteiger partial charge is 0.417 e. The quantitative estimate of drug-likeness (QED) is 0.809. The first-order valence-electron chi connectivity index (χ1n) is 4.63. The summed E-state index contributed by atoms with van der Waals surface area (Å²) in [6.45, 7) is 1.49. The number of hydrogen-bond acceptors (Lipinski definition) is 3. The van der Waals surface area contributed by atoms with Crippen LogP contribution in [-0.2, 0) is 6.18 Å². The SMILES string of the molecule is CC(CN)C(=O)c1cnccc1C(F)(F)F. The average molecular weight is 232 g/mol. The molecule has 2 N–H and O–H groups in total. The molecule has 88 valence electrons. The van der Waals surface area contributed by atoms with Crippen LogP contribution in [0.15, 0.2) is 18.5 Å². The van der Waals surface area contributed by atoms with Crippen molar-refractivity contribution >= 4 is 5.78 Å². The number of nitrogens with two attached hydrogens (primary N) is 1. The monoisotopic (exact) mass is 232 g/mol. The second-order valence-electron chi connectivity index (χ2n) is 3.42. The van der Waals surface area contributed by atoms with Crippen LogP contribution in [0, 0.1) is 5.92 Å². The Bertz CT molecular complexity index is 390. The molecule has 0 aliphatic rings. The minimum Gasteiger partial charge on any atom is -0.330 e. The van der Waals surface area contributed by atoms with Gasteiger partial charge < -0.3 is 5.73 Å². The zero-order valence-electron chi connectivity index (χ0n) is 8.58. The van der Waals surface area contributed by atoms with E-state index in [-0.39, 0.29) is 6.54 Å². The second-order valence-corrected chi connectivity index (χ2v) is 3.42. The van der Waals surface area contributed by atoms with Crippen molar-refractivity contribution in [1.29, 1.82) is 0 Å². The Labute approximate surface area is 90.5 Å². The van der Waals surface area contributed by atoms with Crippen LogP contribution < -0.4 is 5.73 Å². The molecule has 16 heavy (non-hydrogen) atoms. The van der Waals surface area contributed by atoms with E-state index in [1.54, 1.807) is 0 Å². The van der Waals surface area contributed by atoms with Gasteiger partial charge in [-0.25, -0.2) is 0 Å². The highest BCUT2D eigenvalue weighted by atomic mass is 19.4. The van der Waals surface area contributed by atoms with E-state index < -0.39 is 29.0 Å². The maximum absolute atomic E-state index is 12.6. The summed E-state index contributed by atoms with van der Waals surface area (Å²) in [4.78, 5) is 15.2. The van der Waals surface area contributed by atoms with Crippen LogP contribution >= 0.6 is 0 Å². The fourth-order valence-electron chi connectivity index (χ4n) is 1.21. The van der Waals surface area contributed by atoms with Crippen LogP contribution in [0.25, 0.3) is 0 Å². The third-order valence-electron chi connectivity index (χ3n) is 2.19. The maximum atomic E-state index is 12.6. The first kappa shape index (κ1) is 12.6. The Morgan fingerprint density at radius 3 is 2.69 bits per heavy atom. The molecule has 6 heteroatoms. The van der Waals surface area contributed by atoms with Crippen molar-refractivity contribution < 1.29 is 18.0 Å². The van der Waals surface area contributed by atoms with Gasteiger partial charge in [-0.3, -0.25) is 9.78 Å². The summed E-state index contributed by atoms with van der Waals surface area (Å²) in [7, 11) is 0. The summed E-state index contributed by atoms with van der Waals surface area (Å²) in [5.41, 5.74) is 3.86. The second kappa shape index (κ2) is 4.61. The van der Waals surface area contributed by atoms with Crippen molar-refractivity contribution in [2.24, 2.45) is 11.7 Å². The van der Waals surface area contributed by atoms with E-state index in [1.165, 1.54) is 6.92 Å². The Kier molecular flexibility index (Phi) is 3.64. The van der Waals surface area contributed by atoms with E-state index in [9.17, 15) is 18.0 Å². The number of carbonyl (C=O) groups is 1. The van der Waals surface area contributed by atoms with Crippen LogP contribution in [-0.4, -0.2) is 17.3 Å². The van der Waals surface area contributed by atoms with Gasteiger partial charge in [0.15, 0.2) is 5.78 Å². The molecule has 0 bridgehead atoms. The molecule has 0 radical (unpaired) electrons. The molecule has 0 aliphatic heterocycles. The molecule has 0 spiro atoms. The number of alkyl halides is 3. The first-order chi connectivity index (χ1) is 7.38.